The van der Waals surface area contributed by atoms with Gasteiger partial charge in [-0.15, -0.1) is 0 Å². The van der Waals surface area contributed by atoms with E-state index in [4.69, 9.17) is 11.6 Å². The molecule has 102 valence electrons. The Kier molecular flexibility index (Phi) is 4.33. The normalized spacial score (nSPS) is 19.1. The number of rotatable bonds is 4. The summed E-state index contributed by atoms with van der Waals surface area (Å²) in [6.07, 6.45) is 7.65. The second kappa shape index (κ2) is 5.62. The van der Waals surface area contributed by atoms with Crippen molar-refractivity contribution in [2.45, 2.75) is 51.9 Å². The maximum atomic E-state index is 9.78. The van der Waals surface area contributed by atoms with Crippen LogP contribution >= 0.6 is 11.6 Å². The molecule has 3 nitrogen and oxygen atoms in total. The minimum Gasteiger partial charge on any atom is -0.396 e. The summed E-state index contributed by atoms with van der Waals surface area (Å²) >= 11 is 6.40. The van der Waals surface area contributed by atoms with E-state index in [9.17, 15) is 5.11 Å². The van der Waals surface area contributed by atoms with Gasteiger partial charge >= 0.3 is 0 Å². The summed E-state index contributed by atoms with van der Waals surface area (Å²) in [6.45, 7) is 2.33. The molecule has 1 aromatic rings. The minimum atomic E-state index is 0.0285. The lowest BCUT2D eigenvalue weighted by molar-refractivity contribution is 0.0805. The van der Waals surface area contributed by atoms with Crippen LogP contribution in [0, 0.1) is 5.41 Å². The molecule has 0 amide bonds. The largest absolute Gasteiger partial charge is 0.396 e. The summed E-state index contributed by atoms with van der Waals surface area (Å²) in [4.78, 5) is 0. The van der Waals surface area contributed by atoms with Crippen LogP contribution in [0.2, 0.25) is 5.02 Å². The maximum Gasteiger partial charge on any atom is 0.0849 e. The van der Waals surface area contributed by atoms with Crippen LogP contribution in [0.3, 0.4) is 0 Å². The first-order chi connectivity index (χ1) is 8.62. The van der Waals surface area contributed by atoms with E-state index in [1.807, 2.05) is 11.7 Å². The Labute approximate surface area is 114 Å². The molecule has 1 fully saturated rings. The number of aliphatic hydroxyl groups excluding tert-OH is 1. The van der Waals surface area contributed by atoms with E-state index < -0.39 is 0 Å². The van der Waals surface area contributed by atoms with Gasteiger partial charge in [-0.05, 0) is 31.1 Å². The molecule has 1 heterocycles. The zero-order valence-corrected chi connectivity index (χ0v) is 12.1. The van der Waals surface area contributed by atoms with Crippen molar-refractivity contribution in [1.29, 1.82) is 0 Å². The van der Waals surface area contributed by atoms with Crippen LogP contribution in [-0.4, -0.2) is 21.5 Å². The Bertz CT molecular complexity index is 408. The molecular formula is C14H23ClN2O. The van der Waals surface area contributed by atoms with Crippen LogP contribution in [0.1, 0.15) is 50.4 Å². The topological polar surface area (TPSA) is 38.0 Å². The van der Waals surface area contributed by atoms with Gasteiger partial charge in [-0.25, -0.2) is 0 Å². The van der Waals surface area contributed by atoms with Crippen molar-refractivity contribution >= 4 is 11.6 Å². The van der Waals surface area contributed by atoms with E-state index in [1.54, 1.807) is 0 Å². The van der Waals surface area contributed by atoms with Crippen LogP contribution in [0.5, 0.6) is 0 Å². The van der Waals surface area contributed by atoms with E-state index in [0.29, 0.717) is 0 Å². The van der Waals surface area contributed by atoms with Crippen molar-refractivity contribution < 1.29 is 5.11 Å². The number of nitrogens with zero attached hydrogens (tertiary/aromatic N) is 2. The first-order valence-electron chi connectivity index (χ1n) is 6.93. The van der Waals surface area contributed by atoms with E-state index in [2.05, 4.69) is 12.0 Å². The number of halogens is 1. The van der Waals surface area contributed by atoms with E-state index in [-0.39, 0.29) is 12.0 Å². The fourth-order valence-electron chi connectivity index (χ4n) is 3.06. The Morgan fingerprint density at radius 1 is 1.33 bits per heavy atom. The summed E-state index contributed by atoms with van der Waals surface area (Å²) in [5.41, 5.74) is 2.09. The number of aliphatic hydroxyl groups is 1. The lowest BCUT2D eigenvalue weighted by Crippen LogP contribution is -2.31. The smallest absolute Gasteiger partial charge is 0.0849 e. The summed E-state index contributed by atoms with van der Waals surface area (Å²) in [5, 5.41) is 15.0. The number of hydrogen-bond donors (Lipinski definition) is 1. The van der Waals surface area contributed by atoms with Gasteiger partial charge < -0.3 is 5.11 Å². The maximum absolute atomic E-state index is 9.78. The molecule has 18 heavy (non-hydrogen) atoms. The predicted octanol–water partition coefficient (Wildman–Crippen LogP) is 3.12. The van der Waals surface area contributed by atoms with Gasteiger partial charge in [0.05, 0.1) is 16.4 Å². The Balaban J connectivity index is 2.24. The quantitative estimate of drug-likeness (QED) is 0.913. The third-order valence-electron chi connectivity index (χ3n) is 4.30. The van der Waals surface area contributed by atoms with E-state index >= 15 is 0 Å². The predicted molar refractivity (Wildman–Crippen MR) is 73.9 cm³/mol. The van der Waals surface area contributed by atoms with Crippen molar-refractivity contribution in [3.8, 4) is 0 Å². The van der Waals surface area contributed by atoms with Crippen LogP contribution in [-0.2, 0) is 19.9 Å². The number of aryl methyl sites for hydroxylation is 2. The summed E-state index contributed by atoms with van der Waals surface area (Å²) in [7, 11) is 1.95. The Morgan fingerprint density at radius 2 is 2.00 bits per heavy atom. The molecule has 0 saturated heterocycles. The minimum absolute atomic E-state index is 0.0285. The van der Waals surface area contributed by atoms with Crippen molar-refractivity contribution in [1.82, 2.24) is 9.78 Å². The fourth-order valence-corrected chi connectivity index (χ4v) is 3.42. The molecule has 1 N–H and O–H groups in total. The SMILES string of the molecule is CCc1nn(C)c(CC2(CO)CCCCC2)c1Cl. The van der Waals surface area contributed by atoms with Gasteiger partial charge in [-0.2, -0.15) is 5.10 Å². The van der Waals surface area contributed by atoms with Gasteiger partial charge in [0.25, 0.3) is 0 Å². The zero-order valence-electron chi connectivity index (χ0n) is 11.4. The molecule has 0 radical (unpaired) electrons. The molecule has 0 bridgehead atoms. The molecule has 1 aromatic heterocycles. The third kappa shape index (κ3) is 2.57. The molecule has 4 heteroatoms. The number of hydrogen-bond acceptors (Lipinski definition) is 2. The van der Waals surface area contributed by atoms with Gasteiger partial charge in [-0.1, -0.05) is 37.8 Å². The summed E-state index contributed by atoms with van der Waals surface area (Å²) < 4.78 is 1.90. The van der Waals surface area contributed by atoms with Gasteiger partial charge in [-0.3, -0.25) is 4.68 Å². The second-order valence-electron chi connectivity index (χ2n) is 5.58. The third-order valence-corrected chi connectivity index (χ3v) is 4.73. The molecule has 1 saturated carbocycles. The monoisotopic (exact) mass is 270 g/mol. The zero-order chi connectivity index (χ0) is 13.2. The first kappa shape index (κ1) is 13.9. The van der Waals surface area contributed by atoms with Crippen molar-refractivity contribution in [3.63, 3.8) is 0 Å². The van der Waals surface area contributed by atoms with Gasteiger partial charge in [0, 0.05) is 13.7 Å². The van der Waals surface area contributed by atoms with Crippen molar-refractivity contribution in [2.75, 3.05) is 6.61 Å². The standard InChI is InChI=1S/C14H23ClN2O/c1-3-11-13(15)12(17(2)16-11)9-14(10-18)7-5-4-6-8-14/h18H,3-10H2,1-2H3. The average molecular weight is 271 g/mol. The molecule has 0 atom stereocenters. The van der Waals surface area contributed by atoms with Gasteiger partial charge in [0.15, 0.2) is 0 Å². The lowest BCUT2D eigenvalue weighted by atomic mass is 9.71. The molecule has 0 aromatic carbocycles. The summed E-state index contributed by atoms with van der Waals surface area (Å²) in [6, 6.07) is 0. The molecule has 2 rings (SSSR count). The highest BCUT2D eigenvalue weighted by molar-refractivity contribution is 6.31. The molecule has 0 spiro atoms. The van der Waals surface area contributed by atoms with E-state index in [0.717, 1.165) is 42.1 Å². The van der Waals surface area contributed by atoms with Crippen LogP contribution in [0.4, 0.5) is 0 Å². The van der Waals surface area contributed by atoms with Crippen LogP contribution < -0.4 is 0 Å². The van der Waals surface area contributed by atoms with E-state index in [1.165, 1.54) is 19.3 Å². The highest BCUT2D eigenvalue weighted by Crippen LogP contribution is 2.40. The Morgan fingerprint density at radius 3 is 2.50 bits per heavy atom. The van der Waals surface area contributed by atoms with Crippen molar-refractivity contribution in [2.24, 2.45) is 12.5 Å². The lowest BCUT2D eigenvalue weighted by Gasteiger charge is -2.35. The number of aromatic nitrogens is 2. The molecule has 0 aliphatic heterocycles. The fraction of sp³-hybridized carbons (Fsp3) is 0.786. The van der Waals surface area contributed by atoms with Crippen molar-refractivity contribution in [3.05, 3.63) is 16.4 Å². The second-order valence-corrected chi connectivity index (χ2v) is 5.96. The Hall–Kier alpha value is -0.540. The molecule has 1 aliphatic carbocycles. The van der Waals surface area contributed by atoms with Gasteiger partial charge in [0.2, 0.25) is 0 Å². The first-order valence-corrected chi connectivity index (χ1v) is 7.31. The molecular weight excluding hydrogens is 248 g/mol. The van der Waals surface area contributed by atoms with Crippen LogP contribution in [0.15, 0.2) is 0 Å². The summed E-state index contributed by atoms with van der Waals surface area (Å²) in [5.74, 6) is 0. The molecule has 0 unspecified atom stereocenters. The molecule has 1 aliphatic rings. The van der Waals surface area contributed by atoms with Gasteiger partial charge in [0.1, 0.15) is 0 Å². The highest BCUT2D eigenvalue weighted by Gasteiger charge is 2.33. The highest BCUT2D eigenvalue weighted by atomic mass is 35.5. The van der Waals surface area contributed by atoms with Crippen LogP contribution in [0.25, 0.3) is 0 Å². The average Bonchev–Trinajstić information content (AvgIpc) is 2.67.